The predicted molar refractivity (Wildman–Crippen MR) is 88.5 cm³/mol. The molecule has 0 bridgehead atoms. The molecule has 0 spiro atoms. The smallest absolute Gasteiger partial charge is 0.338 e. The van der Waals surface area contributed by atoms with Crippen LogP contribution in [0.1, 0.15) is 33.6 Å². The van der Waals surface area contributed by atoms with E-state index in [1.54, 1.807) is 19.9 Å². The summed E-state index contributed by atoms with van der Waals surface area (Å²) in [6, 6.07) is -0.161. The van der Waals surface area contributed by atoms with Gasteiger partial charge in [0, 0.05) is 24.6 Å². The van der Waals surface area contributed by atoms with Crippen LogP contribution in [0.3, 0.4) is 0 Å². The molecule has 2 N–H and O–H groups in total. The predicted octanol–water partition coefficient (Wildman–Crippen LogP) is 0.243. The number of aliphatic hydroxyl groups is 2. The van der Waals surface area contributed by atoms with Gasteiger partial charge in [0.15, 0.2) is 5.60 Å². The highest BCUT2D eigenvalue weighted by molar-refractivity contribution is 5.89. The van der Waals surface area contributed by atoms with Crippen molar-refractivity contribution in [3.05, 3.63) is 11.6 Å². The molecule has 3 aliphatic heterocycles. The second-order valence-corrected chi connectivity index (χ2v) is 7.61. The van der Waals surface area contributed by atoms with Crippen LogP contribution in [-0.2, 0) is 19.1 Å². The summed E-state index contributed by atoms with van der Waals surface area (Å²) in [5.41, 5.74) is -1.28. The van der Waals surface area contributed by atoms with Crippen LogP contribution in [0.15, 0.2) is 11.6 Å². The molecule has 0 aromatic heterocycles. The molecule has 3 saturated heterocycles. The average molecular weight is 357 g/mol. The first kappa shape index (κ1) is 18.4. The van der Waals surface area contributed by atoms with Gasteiger partial charge in [0.05, 0.1) is 18.8 Å². The Morgan fingerprint density at radius 1 is 1.36 bits per heavy atom. The van der Waals surface area contributed by atoms with Gasteiger partial charge in [-0.1, -0.05) is 13.0 Å². The number of allylic oxidation sites excluding steroid dienone is 1. The standard InChI is InChI=1S/C18H27NO6/c1-4-11-7-10(2)18(3,23)17(22)24-9-12-13(20)8-19-6-5-14(15(12)19)25-16(11)21/h4,10,12-15,20,23H,5-9H2,1-3H3/b11-4-/t10-,12+,13-,14-,15-,18-/m1/s1/i1+1,2+1,4+1,10+1. The fourth-order valence-electron chi connectivity index (χ4n) is 4.13. The number of ether oxygens (including phenoxy) is 2. The first-order chi connectivity index (χ1) is 11.8. The van der Waals surface area contributed by atoms with Crippen molar-refractivity contribution in [3.8, 4) is 0 Å². The maximum atomic E-state index is 12.6. The zero-order valence-corrected chi connectivity index (χ0v) is 15.0. The van der Waals surface area contributed by atoms with Gasteiger partial charge in [0.2, 0.25) is 0 Å². The van der Waals surface area contributed by atoms with Gasteiger partial charge in [0.1, 0.15) is 6.10 Å². The van der Waals surface area contributed by atoms with Crippen LogP contribution >= 0.6 is 0 Å². The summed E-state index contributed by atoms with van der Waals surface area (Å²) < 4.78 is 11.1. The van der Waals surface area contributed by atoms with E-state index in [2.05, 4.69) is 4.90 Å². The van der Waals surface area contributed by atoms with Crippen LogP contribution in [0.25, 0.3) is 0 Å². The molecule has 0 amide bonds. The highest BCUT2D eigenvalue weighted by atomic mass is 16.6. The number of carbonyl (C=O) groups is 2. The fraction of sp³-hybridized carbons (Fsp3) is 0.778. The average Bonchev–Trinajstić information content (AvgIpc) is 3.08. The Kier molecular flexibility index (Phi) is 4.92. The van der Waals surface area contributed by atoms with E-state index in [1.165, 1.54) is 6.92 Å². The molecule has 7 nitrogen and oxygen atoms in total. The minimum Gasteiger partial charge on any atom is -0.463 e. The lowest BCUT2D eigenvalue weighted by Gasteiger charge is -2.32. The Morgan fingerprint density at radius 3 is 2.76 bits per heavy atom. The minimum atomic E-state index is -1.72. The first-order valence-corrected chi connectivity index (χ1v) is 8.93. The van der Waals surface area contributed by atoms with Crippen molar-refractivity contribution in [2.24, 2.45) is 11.8 Å². The summed E-state index contributed by atoms with van der Waals surface area (Å²) in [5.74, 6) is -1.97. The Hall–Kier alpha value is -1.44. The van der Waals surface area contributed by atoms with E-state index in [4.69, 9.17) is 9.47 Å². The number of nitrogens with zero attached hydrogens (tertiary/aromatic N) is 1. The normalized spacial score (nSPS) is 44.7. The second-order valence-electron chi connectivity index (χ2n) is 7.61. The molecular weight excluding hydrogens is 330 g/mol. The molecule has 0 radical (unpaired) electrons. The van der Waals surface area contributed by atoms with Gasteiger partial charge in [-0.25, -0.2) is 9.59 Å². The van der Waals surface area contributed by atoms with Crippen LogP contribution in [0.2, 0.25) is 0 Å². The maximum absolute atomic E-state index is 12.6. The number of hydrogen-bond donors (Lipinski definition) is 2. The zero-order valence-electron chi connectivity index (χ0n) is 15.0. The molecule has 7 heteroatoms. The topological polar surface area (TPSA) is 96.3 Å². The Balaban J connectivity index is 1.91. The molecule has 0 aromatic rings. The number of cyclic esters (lactones) is 1. The summed E-state index contributed by atoms with van der Waals surface area (Å²) in [6.07, 6.45) is 1.63. The molecule has 140 valence electrons. The van der Waals surface area contributed by atoms with Gasteiger partial charge in [-0.3, -0.25) is 4.90 Å². The zero-order chi connectivity index (χ0) is 18.4. The number of esters is 2. The third-order valence-electron chi connectivity index (χ3n) is 6.03. The van der Waals surface area contributed by atoms with E-state index in [1.807, 2.05) is 0 Å². The van der Waals surface area contributed by atoms with E-state index in [9.17, 15) is 19.8 Å². The SMILES string of the molecule is C[C@]1(O)C(=O)OC[C@@H]2[C@@H]3[C@@H](CCN3C[C@H]2O)OC(=O)/C(=[13CH]\[13CH3])C[13C@H]1[13CH3]. The lowest BCUT2D eigenvalue weighted by Crippen LogP contribution is -2.47. The number of hydrogen-bond acceptors (Lipinski definition) is 7. The summed E-state index contributed by atoms with van der Waals surface area (Å²) in [4.78, 5) is 27.1. The van der Waals surface area contributed by atoms with Crippen molar-refractivity contribution < 1.29 is 29.3 Å². The number of rotatable bonds is 0. The number of carbonyl (C=O) groups excluding carboxylic acids is 2. The van der Waals surface area contributed by atoms with Crippen molar-refractivity contribution in [1.29, 1.82) is 0 Å². The van der Waals surface area contributed by atoms with Gasteiger partial charge >= 0.3 is 11.9 Å². The summed E-state index contributed by atoms with van der Waals surface area (Å²) in [7, 11) is 0. The Labute approximate surface area is 147 Å². The van der Waals surface area contributed by atoms with E-state index >= 15 is 0 Å². The van der Waals surface area contributed by atoms with Gasteiger partial charge < -0.3 is 19.7 Å². The van der Waals surface area contributed by atoms with Crippen LogP contribution in [0.4, 0.5) is 0 Å². The van der Waals surface area contributed by atoms with Gasteiger partial charge in [-0.2, -0.15) is 0 Å². The lowest BCUT2D eigenvalue weighted by molar-refractivity contribution is -0.173. The molecule has 25 heavy (non-hydrogen) atoms. The third kappa shape index (κ3) is 3.20. The van der Waals surface area contributed by atoms with E-state index < -0.39 is 29.6 Å². The molecular formula is C18H27NO6. The van der Waals surface area contributed by atoms with Crippen molar-refractivity contribution in [3.63, 3.8) is 0 Å². The summed E-state index contributed by atoms with van der Waals surface area (Å²) >= 11 is 0. The van der Waals surface area contributed by atoms with E-state index in [0.717, 1.165) is 6.54 Å². The van der Waals surface area contributed by atoms with Crippen molar-refractivity contribution in [2.45, 2.75) is 57.5 Å². The van der Waals surface area contributed by atoms with Crippen molar-refractivity contribution in [1.82, 2.24) is 4.90 Å². The molecule has 6 atom stereocenters. The van der Waals surface area contributed by atoms with Crippen LogP contribution in [-0.4, -0.2) is 70.6 Å². The molecule has 3 rings (SSSR count). The van der Waals surface area contributed by atoms with E-state index in [-0.39, 0.29) is 31.1 Å². The van der Waals surface area contributed by atoms with Crippen LogP contribution in [0.5, 0.6) is 0 Å². The van der Waals surface area contributed by atoms with Crippen LogP contribution in [0, 0.1) is 11.8 Å². The molecule has 0 unspecified atom stereocenters. The molecule has 0 aliphatic carbocycles. The molecule has 3 aliphatic rings. The number of aliphatic hydroxyl groups excluding tert-OH is 1. The summed E-state index contributed by atoms with van der Waals surface area (Å²) in [5, 5.41) is 20.9. The minimum absolute atomic E-state index is 0.00849. The molecule has 0 aromatic carbocycles. The second kappa shape index (κ2) is 6.70. The van der Waals surface area contributed by atoms with Gasteiger partial charge in [0.25, 0.3) is 0 Å². The van der Waals surface area contributed by atoms with Gasteiger partial charge in [-0.05, 0) is 32.6 Å². The Bertz CT molecular complexity index is 586. The largest absolute Gasteiger partial charge is 0.463 e. The third-order valence-corrected chi connectivity index (χ3v) is 6.03. The van der Waals surface area contributed by atoms with Crippen LogP contribution < -0.4 is 0 Å². The van der Waals surface area contributed by atoms with E-state index in [0.29, 0.717) is 18.5 Å². The quantitative estimate of drug-likeness (QED) is 0.364. The first-order valence-electron chi connectivity index (χ1n) is 8.93. The van der Waals surface area contributed by atoms with Crippen molar-refractivity contribution >= 4 is 11.9 Å². The highest BCUT2D eigenvalue weighted by Crippen LogP contribution is 2.37. The Morgan fingerprint density at radius 2 is 2.08 bits per heavy atom. The highest BCUT2D eigenvalue weighted by Gasteiger charge is 2.51. The summed E-state index contributed by atoms with van der Waals surface area (Å²) in [6.45, 7) is 6.07. The van der Waals surface area contributed by atoms with Gasteiger partial charge in [-0.15, -0.1) is 0 Å². The molecule has 0 saturated carbocycles. The molecule has 3 heterocycles. The molecule has 3 fully saturated rings. The monoisotopic (exact) mass is 357 g/mol. The fourth-order valence-corrected chi connectivity index (χ4v) is 4.13. The van der Waals surface area contributed by atoms with Crippen molar-refractivity contribution in [2.75, 3.05) is 19.7 Å². The maximum Gasteiger partial charge on any atom is 0.338 e. The lowest BCUT2D eigenvalue weighted by atomic mass is 9.94.